The van der Waals surface area contributed by atoms with Gasteiger partial charge in [0.25, 0.3) is 0 Å². The van der Waals surface area contributed by atoms with Crippen LogP contribution < -0.4 is 16.2 Å². The van der Waals surface area contributed by atoms with Crippen molar-refractivity contribution in [3.63, 3.8) is 0 Å². The van der Waals surface area contributed by atoms with Gasteiger partial charge in [-0.25, -0.2) is 23.4 Å². The van der Waals surface area contributed by atoms with Gasteiger partial charge in [0.05, 0.1) is 12.1 Å². The van der Waals surface area contributed by atoms with Crippen LogP contribution in [0.25, 0.3) is 11.1 Å². The minimum atomic E-state index is -0.808. The van der Waals surface area contributed by atoms with Crippen molar-refractivity contribution in [2.24, 2.45) is 0 Å². The van der Waals surface area contributed by atoms with Gasteiger partial charge < -0.3 is 9.26 Å². The van der Waals surface area contributed by atoms with Crippen molar-refractivity contribution >= 4 is 0 Å². The van der Waals surface area contributed by atoms with E-state index in [0.29, 0.717) is 11.3 Å². The molecule has 0 bridgehead atoms. The molecular formula is C22H16F2N2O4. The molecule has 1 heterocycles. The molecule has 6 nitrogen and oxygen atoms in total. The van der Waals surface area contributed by atoms with Crippen LogP contribution in [0.15, 0.2) is 80.8 Å². The van der Waals surface area contributed by atoms with Gasteiger partial charge in [0, 0.05) is 0 Å². The van der Waals surface area contributed by atoms with Crippen molar-refractivity contribution in [2.75, 3.05) is 0 Å². The zero-order valence-electron chi connectivity index (χ0n) is 15.6. The van der Waals surface area contributed by atoms with E-state index >= 15 is 0 Å². The summed E-state index contributed by atoms with van der Waals surface area (Å²) in [7, 11) is 0. The predicted molar refractivity (Wildman–Crippen MR) is 105 cm³/mol. The summed E-state index contributed by atoms with van der Waals surface area (Å²) in [4.78, 5) is 24.5. The Labute approximate surface area is 168 Å². The summed E-state index contributed by atoms with van der Waals surface area (Å²) in [6.45, 7) is 0.309. The fourth-order valence-corrected chi connectivity index (χ4v) is 3.03. The van der Waals surface area contributed by atoms with Crippen molar-refractivity contribution in [3.8, 4) is 16.9 Å². The fourth-order valence-electron chi connectivity index (χ4n) is 3.03. The van der Waals surface area contributed by atoms with Crippen LogP contribution in [0.2, 0.25) is 0 Å². The van der Waals surface area contributed by atoms with E-state index in [-0.39, 0.29) is 18.7 Å². The molecule has 8 heteroatoms. The van der Waals surface area contributed by atoms with Crippen LogP contribution in [0.3, 0.4) is 0 Å². The van der Waals surface area contributed by atoms with Crippen LogP contribution in [0.5, 0.6) is 5.75 Å². The molecule has 30 heavy (non-hydrogen) atoms. The van der Waals surface area contributed by atoms with Crippen molar-refractivity contribution in [3.05, 3.63) is 111 Å². The Balaban J connectivity index is 1.44. The molecule has 1 N–H and O–H groups in total. The van der Waals surface area contributed by atoms with Crippen molar-refractivity contribution in [2.45, 2.75) is 13.2 Å². The van der Waals surface area contributed by atoms with Gasteiger partial charge in [0.15, 0.2) is 0 Å². The highest BCUT2D eigenvalue weighted by molar-refractivity contribution is 5.65. The summed E-state index contributed by atoms with van der Waals surface area (Å²) >= 11 is 0. The molecule has 0 saturated heterocycles. The lowest BCUT2D eigenvalue weighted by Gasteiger charge is -2.10. The Morgan fingerprint density at radius 2 is 1.60 bits per heavy atom. The lowest BCUT2D eigenvalue weighted by Crippen LogP contribution is -2.17. The Bertz CT molecular complexity index is 1270. The van der Waals surface area contributed by atoms with Crippen molar-refractivity contribution in [1.29, 1.82) is 0 Å². The Morgan fingerprint density at radius 1 is 0.900 bits per heavy atom. The van der Waals surface area contributed by atoms with Gasteiger partial charge in [0.1, 0.15) is 24.0 Å². The summed E-state index contributed by atoms with van der Waals surface area (Å²) < 4.78 is 39.4. The topological polar surface area (TPSA) is 77.2 Å². The summed E-state index contributed by atoms with van der Waals surface area (Å²) in [5.41, 5.74) is 1.23. The third-order valence-electron chi connectivity index (χ3n) is 4.46. The van der Waals surface area contributed by atoms with Gasteiger partial charge in [-0.15, -0.1) is 4.74 Å². The van der Waals surface area contributed by atoms with E-state index in [1.807, 2.05) is 4.98 Å². The van der Waals surface area contributed by atoms with Crippen LogP contribution in [-0.2, 0) is 13.2 Å². The van der Waals surface area contributed by atoms with Gasteiger partial charge >= 0.3 is 11.4 Å². The third-order valence-corrected chi connectivity index (χ3v) is 4.46. The first-order valence-electron chi connectivity index (χ1n) is 9.05. The van der Waals surface area contributed by atoms with Gasteiger partial charge in [-0.05, 0) is 47.0 Å². The van der Waals surface area contributed by atoms with Crippen LogP contribution in [0, 0.1) is 11.6 Å². The zero-order valence-corrected chi connectivity index (χ0v) is 15.6. The normalized spacial score (nSPS) is 10.9. The molecule has 4 aromatic rings. The number of nitrogens with one attached hydrogen (secondary N) is 1. The molecule has 0 atom stereocenters. The Morgan fingerprint density at radius 3 is 2.27 bits per heavy atom. The molecule has 0 spiro atoms. The number of halogens is 2. The minimum absolute atomic E-state index is 0.0737. The zero-order chi connectivity index (χ0) is 21.1. The van der Waals surface area contributed by atoms with Crippen LogP contribution >= 0.6 is 0 Å². The molecule has 0 aliphatic heterocycles. The van der Waals surface area contributed by atoms with E-state index in [1.165, 1.54) is 18.2 Å². The third kappa shape index (κ3) is 4.22. The number of rotatable bonds is 6. The number of benzene rings is 3. The largest absolute Gasteiger partial charge is 0.489 e. The average molecular weight is 410 g/mol. The SMILES string of the molecule is O=c1[nH]c(=O)n(Cc2ccc(OCc3cccc(-c4c(F)cccc4F)c3)cc2)o1. The molecule has 0 amide bonds. The van der Waals surface area contributed by atoms with E-state index in [1.54, 1.807) is 48.5 Å². The summed E-state index contributed by atoms with van der Waals surface area (Å²) in [6.07, 6.45) is 0. The predicted octanol–water partition coefficient (Wildman–Crippen LogP) is 3.70. The highest BCUT2D eigenvalue weighted by Crippen LogP contribution is 2.27. The number of aromatic nitrogens is 2. The first kappa shape index (κ1) is 19.4. The smallest absolute Gasteiger partial charge is 0.440 e. The molecule has 1 aromatic heterocycles. The van der Waals surface area contributed by atoms with E-state index in [0.717, 1.165) is 15.9 Å². The van der Waals surface area contributed by atoms with Gasteiger partial charge in [-0.2, -0.15) is 0 Å². The maximum atomic E-state index is 14.0. The molecule has 3 aromatic carbocycles. The van der Waals surface area contributed by atoms with E-state index in [4.69, 9.17) is 9.26 Å². The Kier molecular flexibility index (Phi) is 5.30. The average Bonchev–Trinajstić information content (AvgIpc) is 3.04. The highest BCUT2D eigenvalue weighted by atomic mass is 19.1. The van der Waals surface area contributed by atoms with Crippen LogP contribution in [0.1, 0.15) is 11.1 Å². The van der Waals surface area contributed by atoms with E-state index < -0.39 is 23.1 Å². The quantitative estimate of drug-likeness (QED) is 0.526. The maximum absolute atomic E-state index is 14.0. The lowest BCUT2D eigenvalue weighted by molar-refractivity contribution is 0.258. The van der Waals surface area contributed by atoms with Crippen LogP contribution in [0.4, 0.5) is 8.78 Å². The summed E-state index contributed by atoms with van der Waals surface area (Å²) in [6, 6.07) is 17.5. The molecule has 0 aliphatic rings. The molecule has 0 saturated carbocycles. The molecule has 4 rings (SSSR count). The summed E-state index contributed by atoms with van der Waals surface area (Å²) in [5, 5.41) is 0. The number of H-pyrrole nitrogens is 1. The van der Waals surface area contributed by atoms with Crippen molar-refractivity contribution in [1.82, 2.24) is 9.72 Å². The molecule has 0 fully saturated rings. The van der Waals surface area contributed by atoms with E-state index in [9.17, 15) is 18.4 Å². The van der Waals surface area contributed by atoms with Crippen LogP contribution in [-0.4, -0.2) is 9.72 Å². The molecular weight excluding hydrogens is 394 g/mol. The summed E-state index contributed by atoms with van der Waals surface area (Å²) in [5.74, 6) is -1.48. The van der Waals surface area contributed by atoms with Gasteiger partial charge in [-0.3, -0.25) is 0 Å². The van der Waals surface area contributed by atoms with E-state index in [2.05, 4.69) is 0 Å². The molecule has 0 radical (unpaired) electrons. The lowest BCUT2D eigenvalue weighted by atomic mass is 10.0. The molecule has 0 aliphatic carbocycles. The monoisotopic (exact) mass is 410 g/mol. The fraction of sp³-hybridized carbons (Fsp3) is 0.0909. The van der Waals surface area contributed by atoms with Gasteiger partial charge in [-0.1, -0.05) is 36.4 Å². The molecule has 152 valence electrons. The first-order chi connectivity index (χ1) is 14.5. The number of nitrogens with zero attached hydrogens (tertiary/aromatic N) is 1. The Hall–Kier alpha value is -3.94. The number of hydrogen-bond acceptors (Lipinski definition) is 4. The number of aromatic amines is 1. The minimum Gasteiger partial charge on any atom is -0.489 e. The number of ether oxygens (including phenoxy) is 1. The second-order valence-electron chi connectivity index (χ2n) is 6.58. The number of hydrogen-bond donors (Lipinski definition) is 1. The second kappa shape index (κ2) is 8.20. The molecule has 0 unspecified atom stereocenters. The maximum Gasteiger partial charge on any atom is 0.440 e. The van der Waals surface area contributed by atoms with Crippen molar-refractivity contribution < 1.29 is 18.0 Å². The highest BCUT2D eigenvalue weighted by Gasteiger charge is 2.11. The first-order valence-corrected chi connectivity index (χ1v) is 9.05. The second-order valence-corrected chi connectivity index (χ2v) is 6.58. The van der Waals surface area contributed by atoms with Gasteiger partial charge in [0.2, 0.25) is 0 Å². The standard InChI is InChI=1S/C22H16F2N2O4/c23-18-5-2-6-19(24)20(18)16-4-1-3-15(11-16)13-29-17-9-7-14(8-10-17)12-26-21(27)25-22(28)30-26/h1-11H,12-13H2,(H,25,27,28).